The Kier molecular flexibility index (Phi) is 5.80. The van der Waals surface area contributed by atoms with Crippen LogP contribution in [0, 0.1) is 0 Å². The lowest BCUT2D eigenvalue weighted by molar-refractivity contribution is 0.0767. The summed E-state index contributed by atoms with van der Waals surface area (Å²) < 4.78 is 18.8. The van der Waals surface area contributed by atoms with E-state index in [2.05, 4.69) is 20.4 Å². The number of ether oxygens (including phenoxy) is 3. The largest absolute Gasteiger partial charge is 0.492 e. The van der Waals surface area contributed by atoms with Crippen molar-refractivity contribution < 1.29 is 24.1 Å². The molecule has 178 valence electrons. The fraction of sp³-hybridized carbons (Fsp3) is 0.391. The van der Waals surface area contributed by atoms with Crippen LogP contribution in [-0.2, 0) is 6.42 Å². The first-order valence-electron chi connectivity index (χ1n) is 11.0. The van der Waals surface area contributed by atoms with Crippen LogP contribution in [0.1, 0.15) is 33.4 Å². The van der Waals surface area contributed by atoms with E-state index in [4.69, 9.17) is 19.3 Å². The molecule has 1 amide bonds. The van der Waals surface area contributed by atoms with Gasteiger partial charge in [-0.25, -0.2) is 0 Å². The molecule has 5 rings (SSSR count). The van der Waals surface area contributed by atoms with Crippen LogP contribution in [0.4, 0.5) is 0 Å². The summed E-state index contributed by atoms with van der Waals surface area (Å²) in [6.45, 7) is 1.14. The van der Waals surface area contributed by atoms with E-state index in [0.29, 0.717) is 28.6 Å². The normalized spacial score (nSPS) is 16.9. The molecule has 1 atom stereocenters. The van der Waals surface area contributed by atoms with Gasteiger partial charge in [-0.05, 0) is 59.8 Å². The Morgan fingerprint density at radius 3 is 2.82 bits per heavy atom. The highest BCUT2D eigenvalue weighted by molar-refractivity contribution is 5.94. The second-order valence-corrected chi connectivity index (χ2v) is 8.30. The van der Waals surface area contributed by atoms with Gasteiger partial charge in [0.05, 0.1) is 19.4 Å². The van der Waals surface area contributed by atoms with Crippen LogP contribution in [0.2, 0.25) is 0 Å². The summed E-state index contributed by atoms with van der Waals surface area (Å²) in [5.41, 5.74) is 3.30. The van der Waals surface area contributed by atoms with Crippen molar-refractivity contribution in [3.63, 3.8) is 0 Å². The Morgan fingerprint density at radius 1 is 1.29 bits per heavy atom. The maximum atomic E-state index is 12.5. The molecule has 11 heteroatoms. The lowest BCUT2D eigenvalue weighted by atomic mass is 9.90. The summed E-state index contributed by atoms with van der Waals surface area (Å²) in [5.74, 6) is 2.36. The van der Waals surface area contributed by atoms with Crippen molar-refractivity contribution in [2.45, 2.75) is 12.5 Å². The fourth-order valence-corrected chi connectivity index (χ4v) is 4.52. The van der Waals surface area contributed by atoms with Crippen LogP contribution in [0.3, 0.4) is 0 Å². The van der Waals surface area contributed by atoms with Gasteiger partial charge >= 0.3 is 0 Å². The monoisotopic (exact) mass is 466 g/mol. The number of rotatable bonds is 6. The summed E-state index contributed by atoms with van der Waals surface area (Å²) in [5, 5.41) is 21.7. The average Bonchev–Trinajstić information content (AvgIpc) is 3.52. The van der Waals surface area contributed by atoms with Gasteiger partial charge in [0.1, 0.15) is 6.04 Å². The van der Waals surface area contributed by atoms with E-state index >= 15 is 0 Å². The number of likely N-dealkylation sites (N-methyl/N-ethyl adjacent to an activating group) is 2. The number of hydrogen-bond donors (Lipinski definition) is 1. The highest BCUT2D eigenvalue weighted by atomic mass is 16.7. The van der Waals surface area contributed by atoms with Gasteiger partial charge in [0.2, 0.25) is 12.5 Å². The van der Waals surface area contributed by atoms with E-state index in [9.17, 15) is 4.79 Å². The number of hydrogen-bond acceptors (Lipinski definition) is 9. The van der Waals surface area contributed by atoms with Crippen molar-refractivity contribution in [2.24, 2.45) is 0 Å². The minimum atomic E-state index is -0.278. The molecule has 1 N–H and O–H groups in total. The molecule has 0 unspecified atom stereocenters. The highest BCUT2D eigenvalue weighted by Gasteiger charge is 2.37. The van der Waals surface area contributed by atoms with Gasteiger partial charge in [-0.3, -0.25) is 9.69 Å². The predicted octanol–water partition coefficient (Wildman–Crippen LogP) is 1.04. The standard InChI is InChI=1S/C23H26N6O5/c1-27-9-8-15-12-17-20(34-13-33-17)21(32-3)18(15)19(27)22-24-25-26-29(22)16-6-4-14(5-7-16)23(31)28(2)10-11-30/h4-7,12,19,30H,8-11,13H2,1-3H3/t19-/m0/s1. The van der Waals surface area contributed by atoms with E-state index in [1.165, 1.54) is 4.90 Å². The van der Waals surface area contributed by atoms with Crippen LogP contribution in [0.25, 0.3) is 5.69 Å². The molecular weight excluding hydrogens is 440 g/mol. The van der Waals surface area contributed by atoms with E-state index in [-0.39, 0.29) is 31.9 Å². The van der Waals surface area contributed by atoms with Crippen LogP contribution >= 0.6 is 0 Å². The Hall–Kier alpha value is -3.70. The zero-order valence-corrected chi connectivity index (χ0v) is 19.3. The van der Waals surface area contributed by atoms with Crippen LogP contribution in [0.15, 0.2) is 30.3 Å². The molecule has 0 bridgehead atoms. The number of aliphatic hydroxyl groups excluding tert-OH is 1. The fourth-order valence-electron chi connectivity index (χ4n) is 4.52. The van der Waals surface area contributed by atoms with Crippen molar-refractivity contribution in [1.29, 1.82) is 0 Å². The molecule has 11 nitrogen and oxygen atoms in total. The predicted molar refractivity (Wildman–Crippen MR) is 120 cm³/mol. The van der Waals surface area contributed by atoms with Gasteiger partial charge in [0.15, 0.2) is 17.3 Å². The second kappa shape index (κ2) is 8.92. The third kappa shape index (κ3) is 3.62. The average molecular weight is 466 g/mol. The first kappa shape index (κ1) is 22.1. The lowest BCUT2D eigenvalue weighted by Gasteiger charge is -2.34. The molecule has 0 fully saturated rings. The zero-order valence-electron chi connectivity index (χ0n) is 19.3. The van der Waals surface area contributed by atoms with Gasteiger partial charge in [-0.15, -0.1) is 5.10 Å². The Bertz CT molecular complexity index is 1210. The maximum Gasteiger partial charge on any atom is 0.253 e. The molecule has 2 aliphatic heterocycles. The topological polar surface area (TPSA) is 115 Å². The van der Waals surface area contributed by atoms with Crippen LogP contribution in [0.5, 0.6) is 17.2 Å². The van der Waals surface area contributed by atoms with E-state index in [1.54, 1.807) is 43.1 Å². The Morgan fingerprint density at radius 2 is 2.09 bits per heavy atom. The summed E-state index contributed by atoms with van der Waals surface area (Å²) in [4.78, 5) is 16.2. The number of aliphatic hydroxyl groups is 1. The molecule has 1 aromatic heterocycles. The Labute approximate surface area is 196 Å². The zero-order chi connectivity index (χ0) is 23.8. The van der Waals surface area contributed by atoms with Gasteiger partial charge in [-0.2, -0.15) is 4.68 Å². The first-order valence-corrected chi connectivity index (χ1v) is 11.0. The van der Waals surface area contributed by atoms with Gasteiger partial charge in [0, 0.05) is 31.3 Å². The minimum Gasteiger partial charge on any atom is -0.492 e. The molecule has 0 aliphatic carbocycles. The number of carbonyl (C=O) groups is 1. The summed E-state index contributed by atoms with van der Waals surface area (Å²) in [6, 6.07) is 8.81. The van der Waals surface area contributed by atoms with Crippen LogP contribution < -0.4 is 14.2 Å². The number of nitrogens with zero attached hydrogens (tertiary/aromatic N) is 6. The summed E-state index contributed by atoms with van der Waals surface area (Å²) in [7, 11) is 5.30. The molecule has 3 heterocycles. The number of benzene rings is 2. The molecule has 3 aromatic rings. The molecule has 0 spiro atoms. The minimum absolute atomic E-state index is 0.0888. The quantitative estimate of drug-likeness (QED) is 0.569. The number of tetrazole rings is 1. The van der Waals surface area contributed by atoms with E-state index in [1.807, 2.05) is 13.1 Å². The van der Waals surface area contributed by atoms with Crippen LogP contribution in [-0.4, -0.2) is 88.7 Å². The molecule has 34 heavy (non-hydrogen) atoms. The molecular formula is C23H26N6O5. The molecule has 0 saturated carbocycles. The van der Waals surface area contributed by atoms with Crippen molar-refractivity contribution in [1.82, 2.24) is 30.0 Å². The van der Waals surface area contributed by atoms with Crippen molar-refractivity contribution >= 4 is 5.91 Å². The van der Waals surface area contributed by atoms with E-state index < -0.39 is 0 Å². The Balaban J connectivity index is 1.54. The number of amides is 1. The van der Waals surface area contributed by atoms with Crippen molar-refractivity contribution in [2.75, 3.05) is 47.7 Å². The van der Waals surface area contributed by atoms with Crippen molar-refractivity contribution in [3.05, 3.63) is 52.8 Å². The maximum absolute atomic E-state index is 12.5. The van der Waals surface area contributed by atoms with E-state index in [0.717, 1.165) is 29.8 Å². The molecule has 0 radical (unpaired) electrons. The summed E-state index contributed by atoms with van der Waals surface area (Å²) >= 11 is 0. The molecule has 2 aliphatic rings. The number of aromatic nitrogens is 4. The van der Waals surface area contributed by atoms with Gasteiger partial charge < -0.3 is 24.2 Å². The third-order valence-electron chi connectivity index (χ3n) is 6.27. The first-order chi connectivity index (χ1) is 16.5. The number of methoxy groups -OCH3 is 1. The molecule has 2 aromatic carbocycles. The smallest absolute Gasteiger partial charge is 0.253 e. The SMILES string of the molecule is COc1c2c(cc3c1[C@@H](c1nnnn1-c1ccc(C(=O)N(C)CCO)cc1)N(C)CC3)OCO2. The lowest BCUT2D eigenvalue weighted by Crippen LogP contribution is -2.35. The highest BCUT2D eigenvalue weighted by Crippen LogP contribution is 2.50. The molecule has 0 saturated heterocycles. The van der Waals surface area contributed by atoms with Gasteiger partial charge in [-0.1, -0.05) is 0 Å². The van der Waals surface area contributed by atoms with Crippen molar-refractivity contribution in [3.8, 4) is 22.9 Å². The number of fused-ring (bicyclic) bond motifs is 2. The number of carbonyl (C=O) groups excluding carboxylic acids is 1. The second-order valence-electron chi connectivity index (χ2n) is 8.30. The van der Waals surface area contributed by atoms with Gasteiger partial charge in [0.25, 0.3) is 5.91 Å². The third-order valence-corrected chi connectivity index (χ3v) is 6.27. The summed E-state index contributed by atoms with van der Waals surface area (Å²) in [6.07, 6.45) is 0.828.